The number of fused-ring (bicyclic) bond motifs is 1. The number of nitrogens with zero attached hydrogens (tertiary/aromatic N) is 3. The van der Waals surface area contributed by atoms with Crippen molar-refractivity contribution in [3.8, 4) is 5.75 Å². The van der Waals surface area contributed by atoms with Gasteiger partial charge in [0.25, 0.3) is 5.91 Å². The number of thioether (sulfide) groups is 1. The zero-order valence-corrected chi connectivity index (χ0v) is 22.9. The van der Waals surface area contributed by atoms with Crippen LogP contribution in [0.4, 0.5) is 0 Å². The van der Waals surface area contributed by atoms with Crippen molar-refractivity contribution in [1.82, 2.24) is 15.0 Å². The molecule has 0 unspecified atom stereocenters. The van der Waals surface area contributed by atoms with E-state index >= 15 is 0 Å². The van der Waals surface area contributed by atoms with Gasteiger partial charge in [0.05, 0.1) is 33.1 Å². The van der Waals surface area contributed by atoms with Crippen molar-refractivity contribution in [3.05, 3.63) is 84.0 Å². The topological polar surface area (TPSA) is 79.5 Å². The summed E-state index contributed by atoms with van der Waals surface area (Å²) in [6.45, 7) is 0.615. The van der Waals surface area contributed by atoms with Gasteiger partial charge < -0.3 is 9.67 Å². The third kappa shape index (κ3) is 6.19. The van der Waals surface area contributed by atoms with Crippen molar-refractivity contribution in [1.29, 1.82) is 0 Å². The number of amides is 1. The molecule has 0 spiro atoms. The zero-order valence-electron chi connectivity index (χ0n) is 17.0. The van der Waals surface area contributed by atoms with E-state index in [0.29, 0.717) is 17.1 Å². The molecule has 3 aromatic carbocycles. The van der Waals surface area contributed by atoms with Crippen molar-refractivity contribution in [2.24, 2.45) is 5.10 Å². The van der Waals surface area contributed by atoms with E-state index in [1.165, 1.54) is 18.0 Å². The average Bonchev–Trinajstić information content (AvgIpc) is 3.14. The number of hydrazone groups is 1. The minimum Gasteiger partial charge on any atom is -0.506 e. The van der Waals surface area contributed by atoms with Gasteiger partial charge in [-0.3, -0.25) is 4.79 Å². The van der Waals surface area contributed by atoms with Crippen LogP contribution >= 0.6 is 68.5 Å². The Labute approximate surface area is 227 Å². The highest BCUT2D eigenvalue weighted by atomic mass is 127. The molecule has 0 radical (unpaired) electrons. The van der Waals surface area contributed by atoms with E-state index in [0.717, 1.165) is 28.9 Å². The van der Waals surface area contributed by atoms with Crippen LogP contribution in [-0.4, -0.2) is 32.5 Å². The monoisotopic (exact) mass is 702 g/mol. The molecule has 1 aromatic heterocycles. The molecule has 10 heteroatoms. The second-order valence-corrected chi connectivity index (χ2v) is 10.8. The Balaban J connectivity index is 1.45. The first-order valence-corrected chi connectivity index (χ1v) is 13.3. The fraction of sp³-hybridized carbons (Fsp3) is 0.0870. The fourth-order valence-electron chi connectivity index (χ4n) is 3.11. The van der Waals surface area contributed by atoms with Crippen LogP contribution in [0.15, 0.2) is 70.9 Å². The number of carbonyl (C=O) groups excluding carboxylic acids is 1. The Morgan fingerprint density at radius 2 is 1.94 bits per heavy atom. The number of nitrogens with one attached hydrogen (secondary N) is 1. The van der Waals surface area contributed by atoms with E-state index < -0.39 is 0 Å². The molecule has 1 amide bonds. The normalized spacial score (nSPS) is 11.4. The third-order valence-electron chi connectivity index (χ3n) is 4.66. The maximum atomic E-state index is 12.4. The van der Waals surface area contributed by atoms with Crippen LogP contribution in [0.3, 0.4) is 0 Å². The number of hydrogen-bond donors (Lipinski definition) is 2. The number of imidazole rings is 1. The largest absolute Gasteiger partial charge is 0.506 e. The maximum absolute atomic E-state index is 12.4. The Morgan fingerprint density at radius 3 is 2.73 bits per heavy atom. The maximum Gasteiger partial charge on any atom is 0.250 e. The Hall–Kier alpha value is -1.83. The van der Waals surface area contributed by atoms with Crippen molar-refractivity contribution in [2.45, 2.75) is 11.7 Å². The first kappa shape index (κ1) is 24.3. The molecule has 0 bridgehead atoms. The van der Waals surface area contributed by atoms with Crippen LogP contribution < -0.4 is 5.43 Å². The molecular weight excluding hydrogens is 686 g/mol. The molecule has 0 saturated heterocycles. The molecule has 0 fully saturated rings. The number of halogens is 3. The quantitative estimate of drug-likeness (QED) is 0.109. The van der Waals surface area contributed by atoms with Gasteiger partial charge in [-0.2, -0.15) is 5.10 Å². The first-order chi connectivity index (χ1) is 15.9. The lowest BCUT2D eigenvalue weighted by Gasteiger charge is -2.09. The highest BCUT2D eigenvalue weighted by Gasteiger charge is 2.13. The Bertz CT molecular complexity index is 1340. The summed E-state index contributed by atoms with van der Waals surface area (Å²) in [5.41, 5.74) is 6.02. The van der Waals surface area contributed by atoms with Gasteiger partial charge in [0.2, 0.25) is 0 Å². The first-order valence-electron chi connectivity index (χ1n) is 9.73. The van der Waals surface area contributed by atoms with Crippen molar-refractivity contribution in [3.63, 3.8) is 0 Å². The number of para-hydroxylation sites is 2. The standard InChI is InChI=1S/C23H17ClI2N4O2S/c24-16-7-5-14(6-8-16)12-30-20-4-2-1-3-19(20)28-23(30)33-13-21(31)29-27-11-15-9-17(25)10-18(26)22(15)32/h1-11,32H,12-13H2,(H,29,31). The number of carbonyl (C=O) groups is 1. The van der Waals surface area contributed by atoms with Gasteiger partial charge in [-0.15, -0.1) is 0 Å². The number of phenolic OH excluding ortho intramolecular Hbond substituents is 1. The Morgan fingerprint density at radius 1 is 1.18 bits per heavy atom. The summed E-state index contributed by atoms with van der Waals surface area (Å²) < 4.78 is 3.78. The summed E-state index contributed by atoms with van der Waals surface area (Å²) in [6.07, 6.45) is 1.44. The van der Waals surface area contributed by atoms with E-state index in [1.54, 1.807) is 6.07 Å². The summed E-state index contributed by atoms with van der Waals surface area (Å²) in [5, 5.41) is 15.6. The molecular formula is C23H17ClI2N4O2S. The van der Waals surface area contributed by atoms with Crippen LogP contribution in [0.25, 0.3) is 11.0 Å². The number of hydrogen-bond acceptors (Lipinski definition) is 5. The lowest BCUT2D eigenvalue weighted by atomic mass is 10.2. The molecule has 2 N–H and O–H groups in total. The molecule has 6 nitrogen and oxygen atoms in total. The molecule has 0 aliphatic rings. The molecule has 4 aromatic rings. The van der Waals surface area contributed by atoms with E-state index in [9.17, 15) is 9.90 Å². The van der Waals surface area contributed by atoms with Gasteiger partial charge in [-0.1, -0.05) is 47.6 Å². The van der Waals surface area contributed by atoms with Gasteiger partial charge >= 0.3 is 0 Å². The average molecular weight is 703 g/mol. The molecule has 0 saturated carbocycles. The summed E-state index contributed by atoms with van der Waals surface area (Å²) in [5.74, 6) is 0.0254. The molecule has 0 aliphatic heterocycles. The predicted molar refractivity (Wildman–Crippen MR) is 150 cm³/mol. The predicted octanol–water partition coefficient (Wildman–Crippen LogP) is 5.90. The van der Waals surface area contributed by atoms with Crippen LogP contribution in [0, 0.1) is 7.14 Å². The SMILES string of the molecule is O=C(CSc1nc2ccccc2n1Cc1ccc(Cl)cc1)NN=Cc1cc(I)cc(I)c1O. The number of aromatic nitrogens is 2. The summed E-state index contributed by atoms with van der Waals surface area (Å²) in [4.78, 5) is 17.1. The van der Waals surface area contributed by atoms with Crippen molar-refractivity contribution >= 4 is 91.7 Å². The zero-order chi connectivity index (χ0) is 23.4. The smallest absolute Gasteiger partial charge is 0.250 e. The Kier molecular flexibility index (Phi) is 8.15. The minimum absolute atomic E-state index is 0.138. The molecule has 33 heavy (non-hydrogen) atoms. The van der Waals surface area contributed by atoms with Crippen molar-refractivity contribution < 1.29 is 9.90 Å². The summed E-state index contributed by atoms with van der Waals surface area (Å²) >= 11 is 11.6. The summed E-state index contributed by atoms with van der Waals surface area (Å²) in [7, 11) is 0. The van der Waals surface area contributed by atoms with Crippen LogP contribution in [0.5, 0.6) is 5.75 Å². The molecule has 0 atom stereocenters. The highest BCUT2D eigenvalue weighted by molar-refractivity contribution is 14.1. The lowest BCUT2D eigenvalue weighted by molar-refractivity contribution is -0.118. The van der Waals surface area contributed by atoms with E-state index in [2.05, 4.69) is 60.3 Å². The van der Waals surface area contributed by atoms with E-state index in [1.807, 2.05) is 54.6 Å². The molecule has 168 valence electrons. The highest BCUT2D eigenvalue weighted by Crippen LogP contribution is 2.27. The number of benzene rings is 3. The van der Waals surface area contributed by atoms with Gasteiger partial charge in [-0.25, -0.2) is 10.4 Å². The fourth-order valence-corrected chi connectivity index (χ4v) is 5.93. The second-order valence-electron chi connectivity index (χ2n) is 7.00. The van der Waals surface area contributed by atoms with Gasteiger partial charge in [0.1, 0.15) is 5.75 Å². The molecule has 0 aliphatic carbocycles. The number of rotatable bonds is 7. The van der Waals surface area contributed by atoms with Gasteiger partial charge in [0, 0.05) is 14.2 Å². The van der Waals surface area contributed by atoms with Gasteiger partial charge in [0.15, 0.2) is 5.16 Å². The molecule has 1 heterocycles. The van der Waals surface area contributed by atoms with Crippen LogP contribution in [0.1, 0.15) is 11.1 Å². The summed E-state index contributed by atoms with van der Waals surface area (Å²) in [6, 6.07) is 19.2. The van der Waals surface area contributed by atoms with E-state index in [4.69, 9.17) is 16.6 Å². The van der Waals surface area contributed by atoms with Crippen molar-refractivity contribution in [2.75, 3.05) is 5.75 Å². The van der Waals surface area contributed by atoms with Crippen LogP contribution in [0.2, 0.25) is 5.02 Å². The number of aromatic hydroxyl groups is 1. The molecule has 4 rings (SSSR count). The van der Waals surface area contributed by atoms with E-state index in [-0.39, 0.29) is 17.4 Å². The minimum atomic E-state index is -0.263. The third-order valence-corrected chi connectivity index (χ3v) is 7.33. The second kappa shape index (κ2) is 11.1. The van der Waals surface area contributed by atoms with Gasteiger partial charge in [-0.05, 0) is 87.1 Å². The van der Waals surface area contributed by atoms with Crippen LogP contribution in [-0.2, 0) is 11.3 Å². The number of phenols is 1. The lowest BCUT2D eigenvalue weighted by Crippen LogP contribution is -2.20.